The Morgan fingerprint density at radius 1 is 1.07 bits per heavy atom. The summed E-state index contributed by atoms with van der Waals surface area (Å²) in [6.07, 6.45) is 0.441. The van der Waals surface area contributed by atoms with Gasteiger partial charge in [-0.3, -0.25) is 4.79 Å². The van der Waals surface area contributed by atoms with Crippen molar-refractivity contribution in [2.75, 3.05) is 14.2 Å². The zero-order chi connectivity index (χ0) is 21.7. The highest BCUT2D eigenvalue weighted by molar-refractivity contribution is 5.89. The zero-order valence-corrected chi connectivity index (χ0v) is 17.1. The van der Waals surface area contributed by atoms with Crippen LogP contribution in [0, 0.1) is 6.92 Å². The highest BCUT2D eigenvalue weighted by atomic mass is 16.5. The molecule has 0 aliphatic carbocycles. The molecule has 7 heteroatoms. The molecule has 0 aliphatic heterocycles. The lowest BCUT2D eigenvalue weighted by Gasteiger charge is -2.09. The molecule has 0 saturated heterocycles. The minimum Gasteiger partial charge on any atom is -0.497 e. The molecule has 7 nitrogen and oxygen atoms in total. The van der Waals surface area contributed by atoms with Crippen LogP contribution in [0.1, 0.15) is 33.5 Å². The number of hydrogen-bond acceptors (Lipinski definition) is 6. The second kappa shape index (κ2) is 9.26. The fraction of sp³-hybridized carbons (Fsp3) is 0.261. The molecule has 1 N–H and O–H groups in total. The molecule has 0 aliphatic rings. The maximum atomic E-state index is 12.4. The van der Waals surface area contributed by atoms with E-state index in [-0.39, 0.29) is 18.7 Å². The number of benzene rings is 2. The molecule has 1 aromatic heterocycles. The van der Waals surface area contributed by atoms with E-state index in [1.807, 2.05) is 13.0 Å². The maximum absolute atomic E-state index is 12.4. The van der Waals surface area contributed by atoms with E-state index < -0.39 is 11.6 Å². The summed E-state index contributed by atoms with van der Waals surface area (Å²) in [5, 5.41) is 3.63. The summed E-state index contributed by atoms with van der Waals surface area (Å²) in [4.78, 5) is 36.1. The molecule has 0 bridgehead atoms. The molecule has 156 valence electrons. The highest BCUT2D eigenvalue weighted by Crippen LogP contribution is 2.24. The molecule has 30 heavy (non-hydrogen) atoms. The number of methoxy groups -OCH3 is 2. The van der Waals surface area contributed by atoms with Gasteiger partial charge < -0.3 is 19.2 Å². The molecule has 0 saturated carbocycles. The monoisotopic (exact) mass is 409 g/mol. The molecule has 3 rings (SSSR count). The predicted octanol–water partition coefficient (Wildman–Crippen LogP) is 3.15. The van der Waals surface area contributed by atoms with Crippen molar-refractivity contribution in [2.24, 2.45) is 0 Å². The third kappa shape index (κ3) is 4.68. The van der Waals surface area contributed by atoms with Crippen molar-refractivity contribution in [1.29, 1.82) is 0 Å². The van der Waals surface area contributed by atoms with Crippen LogP contribution < -0.4 is 15.7 Å². The molecular formula is C23H23NO6. The highest BCUT2D eigenvalue weighted by Gasteiger charge is 2.14. The van der Waals surface area contributed by atoms with Crippen molar-refractivity contribution in [2.45, 2.75) is 26.3 Å². The molecule has 3 aromatic rings. The number of nitrogens with one attached hydrogen (secondary N) is 1. The number of ether oxygens (including phenoxy) is 2. The largest absolute Gasteiger partial charge is 0.497 e. The Hall–Kier alpha value is -3.61. The van der Waals surface area contributed by atoms with Crippen LogP contribution in [0.2, 0.25) is 0 Å². The second-order valence-electron chi connectivity index (χ2n) is 6.82. The maximum Gasteiger partial charge on any atom is 0.339 e. The number of carbonyl (C=O) groups excluding carboxylic acids is 2. The van der Waals surface area contributed by atoms with Gasteiger partial charge in [-0.25, -0.2) is 9.59 Å². The molecule has 0 atom stereocenters. The van der Waals surface area contributed by atoms with Gasteiger partial charge in [0, 0.05) is 30.0 Å². The topological polar surface area (TPSA) is 94.8 Å². The van der Waals surface area contributed by atoms with E-state index in [9.17, 15) is 14.4 Å². The third-order valence-corrected chi connectivity index (χ3v) is 4.96. The first-order valence-corrected chi connectivity index (χ1v) is 9.47. The van der Waals surface area contributed by atoms with Crippen LogP contribution in [0.25, 0.3) is 11.0 Å². The van der Waals surface area contributed by atoms with E-state index in [1.54, 1.807) is 43.5 Å². The van der Waals surface area contributed by atoms with Gasteiger partial charge in [-0.1, -0.05) is 12.1 Å². The molecule has 1 heterocycles. The minimum absolute atomic E-state index is 0.160. The number of amides is 1. The van der Waals surface area contributed by atoms with Gasteiger partial charge in [0.2, 0.25) is 5.91 Å². The number of aryl methyl sites for hydroxylation is 1. The van der Waals surface area contributed by atoms with E-state index in [0.717, 1.165) is 16.5 Å². The molecule has 0 unspecified atom stereocenters. The summed E-state index contributed by atoms with van der Waals surface area (Å²) in [6.45, 7) is 2.17. The standard InChI is InChI=1S/C23H23NO6/c1-14-18-9-8-17(28-2)12-20(18)30-23(27)19(14)10-11-21(25)24-13-15-4-6-16(7-5-15)22(26)29-3/h4-9,12H,10-11,13H2,1-3H3,(H,24,25). The number of carbonyl (C=O) groups is 2. The Morgan fingerprint density at radius 2 is 1.80 bits per heavy atom. The van der Waals surface area contributed by atoms with Crippen LogP contribution in [0.15, 0.2) is 51.7 Å². The molecular weight excluding hydrogens is 386 g/mol. The Labute approximate surface area is 173 Å². The number of esters is 1. The van der Waals surface area contributed by atoms with Crippen molar-refractivity contribution in [3.05, 3.63) is 75.1 Å². The zero-order valence-electron chi connectivity index (χ0n) is 17.1. The van der Waals surface area contributed by atoms with E-state index in [0.29, 0.717) is 29.0 Å². The van der Waals surface area contributed by atoms with Gasteiger partial charge in [-0.15, -0.1) is 0 Å². The van der Waals surface area contributed by atoms with Crippen molar-refractivity contribution in [3.63, 3.8) is 0 Å². The molecule has 1 amide bonds. The molecule has 2 aromatic carbocycles. The first-order valence-electron chi connectivity index (χ1n) is 9.47. The summed E-state index contributed by atoms with van der Waals surface area (Å²) in [5.41, 5.74) is 2.61. The van der Waals surface area contributed by atoms with Gasteiger partial charge in [0.25, 0.3) is 0 Å². The summed E-state index contributed by atoms with van der Waals surface area (Å²) in [5.74, 6) is 0.0195. The van der Waals surface area contributed by atoms with Gasteiger partial charge in [0.15, 0.2) is 0 Å². The number of rotatable bonds is 7. The normalized spacial score (nSPS) is 10.6. The van der Waals surface area contributed by atoms with Gasteiger partial charge in [-0.2, -0.15) is 0 Å². The molecule has 0 fully saturated rings. The molecule has 0 spiro atoms. The summed E-state index contributed by atoms with van der Waals surface area (Å²) in [6, 6.07) is 12.1. The number of hydrogen-bond donors (Lipinski definition) is 1. The van der Waals surface area contributed by atoms with E-state index in [1.165, 1.54) is 7.11 Å². The van der Waals surface area contributed by atoms with Crippen LogP contribution >= 0.6 is 0 Å². The Bertz CT molecular complexity index is 1130. The first kappa shape index (κ1) is 21.1. The minimum atomic E-state index is -0.445. The average Bonchev–Trinajstić information content (AvgIpc) is 2.76. The lowest BCUT2D eigenvalue weighted by molar-refractivity contribution is -0.121. The Morgan fingerprint density at radius 3 is 2.47 bits per heavy atom. The van der Waals surface area contributed by atoms with Gasteiger partial charge >= 0.3 is 11.6 Å². The fourth-order valence-corrected chi connectivity index (χ4v) is 3.19. The summed E-state index contributed by atoms with van der Waals surface area (Å²) >= 11 is 0. The SMILES string of the molecule is COC(=O)c1ccc(CNC(=O)CCc2c(C)c3ccc(OC)cc3oc2=O)cc1. The van der Waals surface area contributed by atoms with Crippen LogP contribution in [0.5, 0.6) is 5.75 Å². The second-order valence-corrected chi connectivity index (χ2v) is 6.82. The van der Waals surface area contributed by atoms with Gasteiger partial charge in [0.05, 0.1) is 19.8 Å². The fourth-order valence-electron chi connectivity index (χ4n) is 3.19. The van der Waals surface area contributed by atoms with Crippen molar-refractivity contribution in [3.8, 4) is 5.75 Å². The van der Waals surface area contributed by atoms with E-state index >= 15 is 0 Å². The lowest BCUT2D eigenvalue weighted by atomic mass is 10.0. The summed E-state index contributed by atoms with van der Waals surface area (Å²) < 4.78 is 15.2. The van der Waals surface area contributed by atoms with Crippen LogP contribution in [-0.4, -0.2) is 26.1 Å². The quantitative estimate of drug-likeness (QED) is 0.476. The van der Waals surface area contributed by atoms with E-state index in [4.69, 9.17) is 9.15 Å². The third-order valence-electron chi connectivity index (χ3n) is 4.96. The Kier molecular flexibility index (Phi) is 6.51. The van der Waals surface area contributed by atoms with Crippen LogP contribution in [0.4, 0.5) is 0 Å². The Balaban J connectivity index is 1.62. The smallest absolute Gasteiger partial charge is 0.339 e. The van der Waals surface area contributed by atoms with Crippen LogP contribution in [-0.2, 0) is 22.5 Å². The summed E-state index contributed by atoms with van der Waals surface area (Å²) in [7, 11) is 2.87. The van der Waals surface area contributed by atoms with Crippen LogP contribution in [0.3, 0.4) is 0 Å². The van der Waals surface area contributed by atoms with Crippen molar-refractivity contribution < 1.29 is 23.5 Å². The lowest BCUT2D eigenvalue weighted by Crippen LogP contribution is -2.24. The average molecular weight is 409 g/mol. The predicted molar refractivity (Wildman–Crippen MR) is 112 cm³/mol. The number of fused-ring (bicyclic) bond motifs is 1. The molecule has 0 radical (unpaired) electrons. The van der Waals surface area contributed by atoms with E-state index in [2.05, 4.69) is 10.1 Å². The first-order chi connectivity index (χ1) is 14.4. The van der Waals surface area contributed by atoms with Gasteiger partial charge in [-0.05, 0) is 48.7 Å². The van der Waals surface area contributed by atoms with Crippen molar-refractivity contribution in [1.82, 2.24) is 5.32 Å². The van der Waals surface area contributed by atoms with Gasteiger partial charge in [0.1, 0.15) is 11.3 Å². The van der Waals surface area contributed by atoms with Crippen molar-refractivity contribution >= 4 is 22.8 Å².